The van der Waals surface area contributed by atoms with Gasteiger partial charge in [0.15, 0.2) is 10.0 Å². The second kappa shape index (κ2) is 3.42. The van der Waals surface area contributed by atoms with E-state index in [9.17, 15) is 18.0 Å². The van der Waals surface area contributed by atoms with E-state index in [0.717, 1.165) is 17.5 Å². The molecule has 0 aliphatic rings. The standard InChI is InChI=1S/C6H2F3N3OS2/c7-6(8,9)4-10-1-2(14-4)3-11-12-5(13)15-3/h1H,(H,12,13). The first-order valence-electron chi connectivity index (χ1n) is 3.56. The van der Waals surface area contributed by atoms with Crippen molar-refractivity contribution in [3.63, 3.8) is 0 Å². The Morgan fingerprint density at radius 3 is 2.53 bits per heavy atom. The number of halogens is 3. The van der Waals surface area contributed by atoms with E-state index in [4.69, 9.17) is 0 Å². The highest BCUT2D eigenvalue weighted by atomic mass is 32.1. The smallest absolute Gasteiger partial charge is 0.255 e. The first kappa shape index (κ1) is 10.3. The van der Waals surface area contributed by atoms with Gasteiger partial charge < -0.3 is 0 Å². The van der Waals surface area contributed by atoms with E-state index < -0.39 is 16.1 Å². The lowest BCUT2D eigenvalue weighted by Crippen LogP contribution is -2.02. The summed E-state index contributed by atoms with van der Waals surface area (Å²) >= 11 is 1.20. The number of alkyl halides is 3. The van der Waals surface area contributed by atoms with Crippen molar-refractivity contribution < 1.29 is 13.2 Å². The van der Waals surface area contributed by atoms with Gasteiger partial charge in [-0.25, -0.2) is 10.1 Å². The third-order valence-electron chi connectivity index (χ3n) is 1.40. The Morgan fingerprint density at radius 1 is 1.33 bits per heavy atom. The van der Waals surface area contributed by atoms with Gasteiger partial charge in [0, 0.05) is 6.20 Å². The molecule has 4 nitrogen and oxygen atoms in total. The summed E-state index contributed by atoms with van der Waals surface area (Å²) in [4.78, 5) is 13.8. The molecule has 0 aliphatic carbocycles. The minimum atomic E-state index is -4.45. The van der Waals surface area contributed by atoms with Crippen LogP contribution in [0.4, 0.5) is 13.2 Å². The van der Waals surface area contributed by atoms with Gasteiger partial charge in [-0.15, -0.1) is 11.3 Å². The zero-order chi connectivity index (χ0) is 11.1. The van der Waals surface area contributed by atoms with Crippen LogP contribution in [-0.4, -0.2) is 15.2 Å². The predicted molar refractivity (Wildman–Crippen MR) is 48.8 cm³/mol. The largest absolute Gasteiger partial charge is 0.443 e. The molecule has 0 spiro atoms. The average molecular weight is 253 g/mol. The molecule has 0 saturated heterocycles. The first-order valence-corrected chi connectivity index (χ1v) is 5.19. The third kappa shape index (κ3) is 2.07. The van der Waals surface area contributed by atoms with Gasteiger partial charge in [-0.05, 0) is 0 Å². The molecule has 0 aromatic carbocycles. The topological polar surface area (TPSA) is 58.6 Å². The summed E-state index contributed by atoms with van der Waals surface area (Å²) in [5.74, 6) is 0. The molecule has 0 saturated carbocycles. The van der Waals surface area contributed by atoms with Crippen molar-refractivity contribution in [3.05, 3.63) is 20.9 Å². The molecule has 0 atom stereocenters. The normalized spacial score (nSPS) is 11.9. The molecule has 0 amide bonds. The fraction of sp³-hybridized carbons (Fsp3) is 0.167. The molecule has 2 rings (SSSR count). The summed E-state index contributed by atoms with van der Waals surface area (Å²) in [6, 6.07) is 0. The summed E-state index contributed by atoms with van der Waals surface area (Å²) in [7, 11) is 0. The van der Waals surface area contributed by atoms with Gasteiger partial charge in [0.25, 0.3) is 0 Å². The monoisotopic (exact) mass is 253 g/mol. The lowest BCUT2D eigenvalue weighted by atomic mass is 10.6. The highest BCUT2D eigenvalue weighted by Crippen LogP contribution is 2.35. The second-order valence-corrected chi connectivity index (χ2v) is 4.44. The summed E-state index contributed by atoms with van der Waals surface area (Å²) in [5.41, 5.74) is 0. The van der Waals surface area contributed by atoms with Crippen LogP contribution in [0.1, 0.15) is 5.01 Å². The zero-order valence-corrected chi connectivity index (χ0v) is 8.46. The molecule has 9 heteroatoms. The van der Waals surface area contributed by atoms with E-state index >= 15 is 0 Å². The summed E-state index contributed by atoms with van der Waals surface area (Å²) in [5, 5.41) is 4.96. The van der Waals surface area contributed by atoms with E-state index in [1.807, 2.05) is 0 Å². The highest BCUT2D eigenvalue weighted by Gasteiger charge is 2.34. The number of rotatable bonds is 1. The number of hydrogen-bond donors (Lipinski definition) is 1. The van der Waals surface area contributed by atoms with Gasteiger partial charge in [0.05, 0.1) is 4.88 Å². The van der Waals surface area contributed by atoms with E-state index in [1.165, 1.54) is 0 Å². The fourth-order valence-electron chi connectivity index (χ4n) is 0.839. The van der Waals surface area contributed by atoms with E-state index in [2.05, 4.69) is 15.2 Å². The minimum Gasteiger partial charge on any atom is -0.255 e. The van der Waals surface area contributed by atoms with Crippen LogP contribution in [0.2, 0.25) is 0 Å². The van der Waals surface area contributed by atoms with E-state index in [-0.39, 0.29) is 9.88 Å². The van der Waals surface area contributed by atoms with Gasteiger partial charge in [-0.2, -0.15) is 18.3 Å². The number of nitrogens with one attached hydrogen (secondary N) is 1. The minimum absolute atomic E-state index is 0.216. The van der Waals surface area contributed by atoms with Crippen LogP contribution in [0.3, 0.4) is 0 Å². The third-order valence-corrected chi connectivity index (χ3v) is 3.36. The van der Waals surface area contributed by atoms with Crippen LogP contribution in [0.25, 0.3) is 9.88 Å². The first-order chi connectivity index (χ1) is 6.97. The van der Waals surface area contributed by atoms with Crippen molar-refractivity contribution in [1.29, 1.82) is 0 Å². The Bertz CT molecular complexity index is 526. The van der Waals surface area contributed by atoms with Gasteiger partial charge in [0.2, 0.25) is 0 Å². The number of H-pyrrole nitrogens is 1. The Balaban J connectivity index is 2.40. The molecule has 2 heterocycles. The molecule has 0 fully saturated rings. The molecular weight excluding hydrogens is 251 g/mol. The molecule has 1 N–H and O–H groups in total. The summed E-state index contributed by atoms with van der Waals surface area (Å²) < 4.78 is 36.6. The van der Waals surface area contributed by atoms with Crippen LogP contribution >= 0.6 is 22.7 Å². The molecular formula is C6H2F3N3OS2. The van der Waals surface area contributed by atoms with Crippen molar-refractivity contribution in [2.45, 2.75) is 6.18 Å². The van der Waals surface area contributed by atoms with Crippen molar-refractivity contribution in [2.75, 3.05) is 0 Å². The van der Waals surface area contributed by atoms with E-state index in [0.29, 0.717) is 11.3 Å². The van der Waals surface area contributed by atoms with Crippen molar-refractivity contribution in [2.24, 2.45) is 0 Å². The average Bonchev–Trinajstić information content (AvgIpc) is 2.69. The van der Waals surface area contributed by atoms with Gasteiger partial charge in [0.1, 0.15) is 0 Å². The number of hydrogen-bond acceptors (Lipinski definition) is 5. The van der Waals surface area contributed by atoms with Crippen molar-refractivity contribution >= 4 is 22.7 Å². The molecule has 15 heavy (non-hydrogen) atoms. The maximum absolute atomic E-state index is 12.2. The number of thiazole rings is 1. The Morgan fingerprint density at radius 2 is 2.07 bits per heavy atom. The molecule has 0 aliphatic heterocycles. The van der Waals surface area contributed by atoms with Crippen LogP contribution in [0.15, 0.2) is 11.0 Å². The maximum Gasteiger partial charge on any atom is 0.443 e. The van der Waals surface area contributed by atoms with Crippen LogP contribution in [0.5, 0.6) is 0 Å². The molecule has 0 radical (unpaired) electrons. The Kier molecular flexibility index (Phi) is 2.35. The van der Waals surface area contributed by atoms with Gasteiger partial charge >= 0.3 is 11.0 Å². The molecule has 2 aromatic rings. The summed E-state index contributed by atoms with van der Waals surface area (Å²) in [6.07, 6.45) is -3.40. The van der Waals surface area contributed by atoms with Gasteiger partial charge in [-0.1, -0.05) is 11.3 Å². The number of aromatic amines is 1. The van der Waals surface area contributed by atoms with Crippen molar-refractivity contribution in [1.82, 2.24) is 15.2 Å². The SMILES string of the molecule is O=c1[nH]nc(-c2cnc(C(F)(F)F)s2)s1. The highest BCUT2D eigenvalue weighted by molar-refractivity contribution is 7.20. The quantitative estimate of drug-likeness (QED) is 0.845. The molecule has 2 aromatic heterocycles. The second-order valence-electron chi connectivity index (χ2n) is 2.45. The van der Waals surface area contributed by atoms with Crippen LogP contribution in [0, 0.1) is 0 Å². The molecule has 80 valence electrons. The number of nitrogens with zero attached hydrogens (tertiary/aromatic N) is 2. The maximum atomic E-state index is 12.2. The predicted octanol–water partition coefficient (Wildman–Crippen LogP) is 1.97. The Hall–Kier alpha value is -1.22. The van der Waals surface area contributed by atoms with E-state index in [1.54, 1.807) is 0 Å². The molecule has 0 bridgehead atoms. The number of aromatic nitrogens is 3. The summed E-state index contributed by atoms with van der Waals surface area (Å²) in [6.45, 7) is 0. The zero-order valence-electron chi connectivity index (χ0n) is 6.83. The molecule has 0 unspecified atom stereocenters. The van der Waals surface area contributed by atoms with Crippen LogP contribution < -0.4 is 4.87 Å². The lowest BCUT2D eigenvalue weighted by molar-refractivity contribution is -0.137. The Labute approximate surface area is 88.4 Å². The van der Waals surface area contributed by atoms with Crippen molar-refractivity contribution in [3.8, 4) is 9.88 Å². The fourth-order valence-corrected chi connectivity index (χ4v) is 2.27. The van der Waals surface area contributed by atoms with Crippen LogP contribution in [-0.2, 0) is 6.18 Å². The van der Waals surface area contributed by atoms with Gasteiger partial charge in [-0.3, -0.25) is 4.79 Å². The lowest BCUT2D eigenvalue weighted by Gasteiger charge is -1.98.